The minimum absolute atomic E-state index is 0.408. The predicted molar refractivity (Wildman–Crippen MR) is 174 cm³/mol. The first-order valence-electron chi connectivity index (χ1n) is 15.8. The zero-order valence-electron chi connectivity index (χ0n) is 27.5. The van der Waals surface area contributed by atoms with Crippen molar-refractivity contribution in [1.82, 2.24) is 14.6 Å². The first-order valence-corrected chi connectivity index (χ1v) is 15.8. The summed E-state index contributed by atoms with van der Waals surface area (Å²) in [6, 6.07) is 13.0. The zero-order chi connectivity index (χ0) is 31.3. The number of likely N-dealkylation sites (tertiary alicyclic amines) is 1. The Kier molecular flexibility index (Phi) is 8.01. The summed E-state index contributed by atoms with van der Waals surface area (Å²) < 4.78 is 14.3. The predicted octanol–water partition coefficient (Wildman–Crippen LogP) is 6.04. The van der Waals surface area contributed by atoms with Crippen LogP contribution in [0.5, 0.6) is 0 Å². The van der Waals surface area contributed by atoms with E-state index in [0.717, 1.165) is 77.9 Å². The van der Waals surface area contributed by atoms with Crippen molar-refractivity contribution < 1.29 is 19.1 Å². The molecule has 2 aromatic carbocycles. The van der Waals surface area contributed by atoms with Crippen molar-refractivity contribution in [2.75, 3.05) is 38.8 Å². The van der Waals surface area contributed by atoms with Crippen LogP contribution in [0.1, 0.15) is 73.6 Å². The molecule has 0 bridgehead atoms. The number of benzene rings is 2. The molecular formula is C36H46N5O3+. The van der Waals surface area contributed by atoms with E-state index in [1.807, 2.05) is 31.8 Å². The lowest BCUT2D eigenvalue weighted by Crippen LogP contribution is -2.59. The van der Waals surface area contributed by atoms with Gasteiger partial charge in [-0.15, -0.1) is 5.01 Å². The van der Waals surface area contributed by atoms with E-state index < -0.39 is 17.7 Å². The maximum atomic E-state index is 13.6. The van der Waals surface area contributed by atoms with E-state index in [9.17, 15) is 4.79 Å². The minimum Gasteiger partial charge on any atom is -0.467 e. The standard InChI is InChI=1S/C36H46N5O3/c1-23-9-11-27(12-10-23)31-29-21-24(2)39-19-20-40(41-18-15-28(22-37-41)26-13-16-38(7)17-14-26)32(33(29)39)25(3)30(31)34(35(42)43-8)44-36(4,5)6/h9-12,15,18,21-22,26,34H,13-14,16-17,19-20H2,1-8H3/q+1/t34-/m0/s1. The Morgan fingerprint density at radius 3 is 2.34 bits per heavy atom. The Morgan fingerprint density at radius 2 is 1.73 bits per heavy atom. The van der Waals surface area contributed by atoms with Gasteiger partial charge in [0.1, 0.15) is 11.9 Å². The van der Waals surface area contributed by atoms with Crippen LogP contribution < -0.4 is 9.80 Å². The normalized spacial score (nSPS) is 16.9. The third-order valence-corrected chi connectivity index (χ3v) is 9.27. The van der Waals surface area contributed by atoms with E-state index in [-0.39, 0.29) is 0 Å². The van der Waals surface area contributed by atoms with Gasteiger partial charge in [0.05, 0.1) is 24.8 Å². The molecule has 1 saturated heterocycles. The molecule has 0 unspecified atom stereocenters. The highest BCUT2D eigenvalue weighted by Crippen LogP contribution is 2.47. The Bertz CT molecular complexity index is 1680. The van der Waals surface area contributed by atoms with Crippen LogP contribution in [-0.2, 0) is 20.8 Å². The summed E-state index contributed by atoms with van der Waals surface area (Å²) in [7, 11) is 3.63. The van der Waals surface area contributed by atoms with Gasteiger partial charge in [-0.25, -0.2) is 4.79 Å². The third-order valence-electron chi connectivity index (χ3n) is 9.27. The van der Waals surface area contributed by atoms with Gasteiger partial charge in [0.2, 0.25) is 6.20 Å². The summed E-state index contributed by atoms with van der Waals surface area (Å²) >= 11 is 0. The lowest BCUT2D eigenvalue weighted by molar-refractivity contribution is -0.742. The monoisotopic (exact) mass is 596 g/mol. The van der Waals surface area contributed by atoms with Crippen molar-refractivity contribution in [3.8, 4) is 11.1 Å². The van der Waals surface area contributed by atoms with Gasteiger partial charge in [0.15, 0.2) is 6.10 Å². The first-order chi connectivity index (χ1) is 21.0. The number of nitrogens with zero attached hydrogens (tertiary/aromatic N) is 5. The van der Waals surface area contributed by atoms with Crippen LogP contribution in [0, 0.1) is 20.8 Å². The number of ether oxygens (including phenoxy) is 2. The molecule has 0 aliphatic carbocycles. The van der Waals surface area contributed by atoms with Gasteiger partial charge in [0, 0.05) is 39.1 Å². The van der Waals surface area contributed by atoms with E-state index in [1.54, 1.807) is 0 Å². The summed E-state index contributed by atoms with van der Waals surface area (Å²) in [5, 5.41) is 8.33. The fourth-order valence-corrected chi connectivity index (χ4v) is 7.01. The Morgan fingerprint density at radius 1 is 1.02 bits per heavy atom. The van der Waals surface area contributed by atoms with Crippen LogP contribution >= 0.6 is 0 Å². The number of piperidine rings is 1. The number of rotatable bonds is 6. The van der Waals surface area contributed by atoms with Gasteiger partial charge < -0.3 is 18.9 Å². The van der Waals surface area contributed by atoms with Gasteiger partial charge in [0.25, 0.3) is 0 Å². The van der Waals surface area contributed by atoms with Crippen LogP contribution in [0.15, 0.2) is 48.8 Å². The highest BCUT2D eigenvalue weighted by Gasteiger charge is 2.39. The fourth-order valence-electron chi connectivity index (χ4n) is 7.01. The second kappa shape index (κ2) is 11.6. The summed E-state index contributed by atoms with van der Waals surface area (Å²) in [4.78, 5) is 17.9. The van der Waals surface area contributed by atoms with Gasteiger partial charge in [-0.2, -0.15) is 0 Å². The SMILES string of the molecule is COC(=O)[C@@H](OC(C)(C)C)c1c(C)c2c3c(cc(C)n3CCN2[n+]2ccc(C3CCN(C)CC3)cn2)c1-c1ccc(C)cc1. The van der Waals surface area contributed by atoms with Crippen LogP contribution in [0.2, 0.25) is 0 Å². The molecule has 4 aromatic rings. The second-order valence-electron chi connectivity index (χ2n) is 13.5. The smallest absolute Gasteiger partial charge is 0.339 e. The molecule has 232 valence electrons. The van der Waals surface area contributed by atoms with Gasteiger partial charge in [-0.05, 0) is 109 Å². The van der Waals surface area contributed by atoms with Crippen LogP contribution in [0.4, 0.5) is 5.69 Å². The average Bonchev–Trinajstić information content (AvgIpc) is 3.34. The highest BCUT2D eigenvalue weighted by atomic mass is 16.6. The lowest BCUT2D eigenvalue weighted by Gasteiger charge is -2.32. The summed E-state index contributed by atoms with van der Waals surface area (Å²) in [5.41, 5.74) is 9.17. The van der Waals surface area contributed by atoms with E-state index in [2.05, 4.69) is 84.9 Å². The lowest BCUT2D eigenvalue weighted by atomic mass is 9.87. The van der Waals surface area contributed by atoms with E-state index in [1.165, 1.54) is 23.9 Å². The second-order valence-corrected chi connectivity index (χ2v) is 13.5. The van der Waals surface area contributed by atoms with Gasteiger partial charge in [-0.3, -0.25) is 0 Å². The van der Waals surface area contributed by atoms with Crippen molar-refractivity contribution in [2.45, 2.75) is 78.6 Å². The maximum absolute atomic E-state index is 13.6. The van der Waals surface area contributed by atoms with Crippen molar-refractivity contribution in [3.63, 3.8) is 0 Å². The molecule has 8 heteroatoms. The maximum Gasteiger partial charge on any atom is 0.339 e. The topological polar surface area (TPSA) is 63.7 Å². The Balaban J connectivity index is 1.57. The molecule has 2 aliphatic rings. The molecule has 0 amide bonds. The average molecular weight is 597 g/mol. The Labute approximate surface area is 261 Å². The highest BCUT2D eigenvalue weighted by molar-refractivity contribution is 6.07. The van der Waals surface area contributed by atoms with Crippen LogP contribution in [0.25, 0.3) is 22.0 Å². The molecule has 6 rings (SSSR count). The third kappa shape index (κ3) is 5.50. The number of aromatic nitrogens is 3. The summed E-state index contributed by atoms with van der Waals surface area (Å²) in [5.74, 6) is 0.133. The van der Waals surface area contributed by atoms with Gasteiger partial charge in [-0.1, -0.05) is 29.8 Å². The fraction of sp³-hybridized carbons (Fsp3) is 0.472. The molecule has 2 aliphatic heterocycles. The van der Waals surface area contributed by atoms with Gasteiger partial charge >= 0.3 is 5.97 Å². The van der Waals surface area contributed by atoms with Crippen molar-refractivity contribution >= 4 is 22.6 Å². The molecule has 0 spiro atoms. The zero-order valence-corrected chi connectivity index (χ0v) is 27.5. The Hall–Kier alpha value is -3.75. The van der Waals surface area contributed by atoms with E-state index in [4.69, 9.17) is 14.6 Å². The van der Waals surface area contributed by atoms with Crippen LogP contribution in [-0.4, -0.2) is 59.9 Å². The number of aryl methyl sites for hydroxylation is 2. The van der Waals surface area contributed by atoms with Crippen LogP contribution in [0.3, 0.4) is 0 Å². The number of hydrogen-bond acceptors (Lipinski definition) is 6. The number of methoxy groups -OCH3 is 1. The quantitative estimate of drug-likeness (QED) is 0.200. The minimum atomic E-state index is -0.908. The van der Waals surface area contributed by atoms with Crippen molar-refractivity contribution in [1.29, 1.82) is 0 Å². The van der Waals surface area contributed by atoms with Crippen molar-refractivity contribution in [3.05, 3.63) is 76.7 Å². The molecule has 44 heavy (non-hydrogen) atoms. The van der Waals surface area contributed by atoms with E-state index >= 15 is 0 Å². The molecule has 0 radical (unpaired) electrons. The van der Waals surface area contributed by atoms with E-state index in [0.29, 0.717) is 5.92 Å². The number of anilines is 1. The number of carbonyl (C=O) groups excluding carboxylic acids is 1. The molecular weight excluding hydrogens is 550 g/mol. The number of esters is 1. The first kappa shape index (κ1) is 30.3. The molecule has 4 heterocycles. The largest absolute Gasteiger partial charge is 0.467 e. The summed E-state index contributed by atoms with van der Waals surface area (Å²) in [6.45, 7) is 16.1. The summed E-state index contributed by atoms with van der Waals surface area (Å²) in [6.07, 6.45) is 5.55. The molecule has 1 fully saturated rings. The molecule has 1 atom stereocenters. The molecule has 0 saturated carbocycles. The molecule has 2 aromatic heterocycles. The molecule has 8 nitrogen and oxygen atoms in total. The number of carbonyl (C=O) groups is 1. The number of hydrogen-bond donors (Lipinski definition) is 0. The molecule has 0 N–H and O–H groups in total. The van der Waals surface area contributed by atoms with Crippen molar-refractivity contribution in [2.24, 2.45) is 0 Å².